The second-order valence-corrected chi connectivity index (χ2v) is 7.81. The molecule has 22 heavy (non-hydrogen) atoms. The second kappa shape index (κ2) is 5.60. The number of rotatable bonds is 4. The Morgan fingerprint density at radius 2 is 1.95 bits per heavy atom. The van der Waals surface area contributed by atoms with Crippen molar-refractivity contribution in [2.75, 3.05) is 26.2 Å². The quantitative estimate of drug-likeness (QED) is 0.658. The molecule has 2 saturated heterocycles. The van der Waals surface area contributed by atoms with Crippen LogP contribution in [0.4, 0.5) is 5.69 Å². The van der Waals surface area contributed by atoms with E-state index in [1.54, 1.807) is 6.07 Å². The molecule has 0 bridgehead atoms. The van der Waals surface area contributed by atoms with Crippen LogP contribution >= 0.6 is 0 Å². The standard InChI is InChI=1S/C14H19N3O4S/c1-2-10-3-4-13(17(18)19)5-14(10)22(20,21)16-8-11-6-15-7-12(11)9-16/h3-5,11-12,15H,2,6-9H2,1H3/t11-,12+. The molecule has 2 aliphatic rings. The van der Waals surface area contributed by atoms with Gasteiger partial charge in [0.2, 0.25) is 10.0 Å². The van der Waals surface area contributed by atoms with Crippen LogP contribution in [0.3, 0.4) is 0 Å². The van der Waals surface area contributed by atoms with Crippen LogP contribution in [0.2, 0.25) is 0 Å². The Morgan fingerprint density at radius 3 is 2.50 bits per heavy atom. The fourth-order valence-corrected chi connectivity index (χ4v) is 5.20. The highest BCUT2D eigenvalue weighted by Crippen LogP contribution is 2.33. The van der Waals surface area contributed by atoms with Crippen LogP contribution in [0, 0.1) is 22.0 Å². The van der Waals surface area contributed by atoms with Gasteiger partial charge in [-0.05, 0) is 36.9 Å². The van der Waals surface area contributed by atoms with Crippen molar-refractivity contribution in [1.29, 1.82) is 0 Å². The summed E-state index contributed by atoms with van der Waals surface area (Å²) in [5.41, 5.74) is 0.442. The Kier molecular flexibility index (Phi) is 3.92. The normalized spacial score (nSPS) is 25.3. The molecule has 120 valence electrons. The van der Waals surface area contributed by atoms with E-state index < -0.39 is 14.9 Å². The highest BCUT2D eigenvalue weighted by molar-refractivity contribution is 7.89. The number of benzene rings is 1. The van der Waals surface area contributed by atoms with Crippen molar-refractivity contribution in [2.45, 2.75) is 18.2 Å². The summed E-state index contributed by atoms with van der Waals surface area (Å²) in [6.07, 6.45) is 0.523. The summed E-state index contributed by atoms with van der Waals surface area (Å²) in [6.45, 7) is 4.51. The molecular weight excluding hydrogens is 306 g/mol. The van der Waals surface area contributed by atoms with Crippen LogP contribution in [0.15, 0.2) is 23.1 Å². The number of nitro groups is 1. The lowest BCUT2D eigenvalue weighted by Crippen LogP contribution is -2.32. The smallest absolute Gasteiger partial charge is 0.270 e. The fourth-order valence-electron chi connectivity index (χ4n) is 3.34. The van der Waals surface area contributed by atoms with Crippen LogP contribution in [0.1, 0.15) is 12.5 Å². The highest BCUT2D eigenvalue weighted by atomic mass is 32.2. The van der Waals surface area contributed by atoms with Gasteiger partial charge in [-0.1, -0.05) is 13.0 Å². The van der Waals surface area contributed by atoms with E-state index in [1.807, 2.05) is 6.92 Å². The molecule has 0 amide bonds. The Balaban J connectivity index is 1.98. The van der Waals surface area contributed by atoms with Gasteiger partial charge in [-0.2, -0.15) is 4.31 Å². The third-order valence-corrected chi connectivity index (χ3v) is 6.53. The van der Waals surface area contributed by atoms with E-state index in [0.717, 1.165) is 13.1 Å². The SMILES string of the molecule is CCc1ccc([N+](=O)[O-])cc1S(=O)(=O)N1C[C@H]2CNC[C@H]2C1. The largest absolute Gasteiger partial charge is 0.316 e. The van der Waals surface area contributed by atoms with Gasteiger partial charge in [-0.15, -0.1) is 0 Å². The lowest BCUT2D eigenvalue weighted by atomic mass is 10.0. The Labute approximate surface area is 129 Å². The summed E-state index contributed by atoms with van der Waals surface area (Å²) < 4.78 is 27.3. The molecule has 7 nitrogen and oxygen atoms in total. The average Bonchev–Trinajstić information content (AvgIpc) is 3.07. The topological polar surface area (TPSA) is 92.5 Å². The number of hydrogen-bond acceptors (Lipinski definition) is 5. The zero-order valence-corrected chi connectivity index (χ0v) is 13.2. The summed E-state index contributed by atoms with van der Waals surface area (Å²) in [5.74, 6) is 0.692. The number of hydrogen-bond donors (Lipinski definition) is 1. The average molecular weight is 325 g/mol. The number of nitro benzene ring substituents is 1. The van der Waals surface area contributed by atoms with Crippen LogP contribution in [-0.2, 0) is 16.4 Å². The van der Waals surface area contributed by atoms with Crippen molar-refractivity contribution >= 4 is 15.7 Å². The van der Waals surface area contributed by atoms with Gasteiger partial charge in [0.15, 0.2) is 0 Å². The molecule has 2 atom stereocenters. The van der Waals surface area contributed by atoms with E-state index >= 15 is 0 Å². The summed E-state index contributed by atoms with van der Waals surface area (Å²) in [6, 6.07) is 4.10. The van der Waals surface area contributed by atoms with Crippen molar-refractivity contribution in [1.82, 2.24) is 9.62 Å². The monoisotopic (exact) mass is 325 g/mol. The predicted octanol–water partition coefficient (Wildman–Crippen LogP) is 0.997. The maximum Gasteiger partial charge on any atom is 0.270 e. The van der Waals surface area contributed by atoms with E-state index in [4.69, 9.17) is 0 Å². The van der Waals surface area contributed by atoms with Crippen molar-refractivity contribution in [3.63, 3.8) is 0 Å². The molecule has 1 N–H and O–H groups in total. The third kappa shape index (κ3) is 2.51. The minimum Gasteiger partial charge on any atom is -0.316 e. The van der Waals surface area contributed by atoms with Crippen LogP contribution < -0.4 is 5.32 Å². The first-order valence-electron chi connectivity index (χ1n) is 7.41. The van der Waals surface area contributed by atoms with Crippen molar-refractivity contribution < 1.29 is 13.3 Å². The number of nitrogens with zero attached hydrogens (tertiary/aromatic N) is 2. The van der Waals surface area contributed by atoms with Crippen LogP contribution in [0.25, 0.3) is 0 Å². The highest BCUT2D eigenvalue weighted by Gasteiger charge is 2.42. The Morgan fingerprint density at radius 1 is 1.32 bits per heavy atom. The van der Waals surface area contributed by atoms with Gasteiger partial charge < -0.3 is 5.32 Å². The maximum absolute atomic E-state index is 12.9. The van der Waals surface area contributed by atoms with Crippen LogP contribution in [0.5, 0.6) is 0 Å². The number of non-ortho nitro benzene ring substituents is 1. The first kappa shape index (κ1) is 15.4. The molecule has 1 aromatic rings. The summed E-state index contributed by atoms with van der Waals surface area (Å²) >= 11 is 0. The molecule has 2 heterocycles. The molecule has 2 aliphatic heterocycles. The van der Waals surface area contributed by atoms with Crippen molar-refractivity contribution in [3.8, 4) is 0 Å². The zero-order chi connectivity index (χ0) is 15.9. The molecule has 1 aromatic carbocycles. The zero-order valence-electron chi connectivity index (χ0n) is 12.4. The fraction of sp³-hybridized carbons (Fsp3) is 0.571. The molecule has 0 radical (unpaired) electrons. The van der Waals surface area contributed by atoms with Gasteiger partial charge >= 0.3 is 0 Å². The van der Waals surface area contributed by atoms with E-state index in [2.05, 4.69) is 5.32 Å². The molecule has 2 fully saturated rings. The van der Waals surface area contributed by atoms with E-state index in [9.17, 15) is 18.5 Å². The first-order valence-corrected chi connectivity index (χ1v) is 8.85. The maximum atomic E-state index is 12.9. The van der Waals surface area contributed by atoms with Crippen LogP contribution in [-0.4, -0.2) is 43.8 Å². The van der Waals surface area contributed by atoms with Gasteiger partial charge in [0.25, 0.3) is 5.69 Å². The molecule has 0 spiro atoms. The number of fused-ring (bicyclic) bond motifs is 1. The molecule has 0 aliphatic carbocycles. The van der Waals surface area contributed by atoms with E-state index in [0.29, 0.717) is 36.9 Å². The van der Waals surface area contributed by atoms with Gasteiger partial charge in [0, 0.05) is 25.2 Å². The molecule has 3 rings (SSSR count). The molecule has 0 aromatic heterocycles. The molecule has 8 heteroatoms. The predicted molar refractivity (Wildman–Crippen MR) is 81.1 cm³/mol. The summed E-state index contributed by atoms with van der Waals surface area (Å²) in [5, 5.41) is 14.2. The van der Waals surface area contributed by atoms with Gasteiger partial charge in [0.1, 0.15) is 0 Å². The second-order valence-electron chi connectivity index (χ2n) is 5.90. The molecule has 0 unspecified atom stereocenters. The minimum absolute atomic E-state index is 0.0807. The van der Waals surface area contributed by atoms with Gasteiger partial charge in [-0.25, -0.2) is 8.42 Å². The first-order chi connectivity index (χ1) is 10.4. The lowest BCUT2D eigenvalue weighted by Gasteiger charge is -2.19. The Hall–Kier alpha value is -1.51. The number of nitrogens with one attached hydrogen (secondary N) is 1. The summed E-state index contributed by atoms with van der Waals surface area (Å²) in [7, 11) is -3.68. The number of aryl methyl sites for hydroxylation is 1. The van der Waals surface area contributed by atoms with Crippen molar-refractivity contribution in [3.05, 3.63) is 33.9 Å². The molecule has 0 saturated carbocycles. The third-order valence-electron chi connectivity index (χ3n) is 4.62. The molecular formula is C14H19N3O4S. The van der Waals surface area contributed by atoms with Gasteiger partial charge in [-0.3, -0.25) is 10.1 Å². The minimum atomic E-state index is -3.68. The lowest BCUT2D eigenvalue weighted by molar-refractivity contribution is -0.385. The van der Waals surface area contributed by atoms with Crippen molar-refractivity contribution in [2.24, 2.45) is 11.8 Å². The summed E-state index contributed by atoms with van der Waals surface area (Å²) in [4.78, 5) is 10.5. The Bertz CT molecular complexity index is 692. The van der Waals surface area contributed by atoms with E-state index in [1.165, 1.54) is 16.4 Å². The van der Waals surface area contributed by atoms with Gasteiger partial charge in [0.05, 0.1) is 9.82 Å². The number of sulfonamides is 1. The van der Waals surface area contributed by atoms with E-state index in [-0.39, 0.29) is 10.6 Å².